The van der Waals surface area contributed by atoms with E-state index in [0.717, 1.165) is 24.8 Å². The van der Waals surface area contributed by atoms with Gasteiger partial charge in [-0.2, -0.15) is 0 Å². The molecular formula is C16H19N5O. The average molecular weight is 297 g/mol. The minimum absolute atomic E-state index is 0.218. The highest BCUT2D eigenvalue weighted by molar-refractivity contribution is 6.03. The fourth-order valence-corrected chi connectivity index (χ4v) is 2.51. The van der Waals surface area contributed by atoms with Crippen molar-refractivity contribution in [3.8, 4) is 0 Å². The first-order valence-corrected chi connectivity index (χ1v) is 7.51. The lowest BCUT2D eigenvalue weighted by atomic mass is 9.99. The van der Waals surface area contributed by atoms with Gasteiger partial charge < -0.3 is 10.2 Å². The zero-order chi connectivity index (χ0) is 15.4. The molecule has 0 bridgehead atoms. The van der Waals surface area contributed by atoms with Gasteiger partial charge in [-0.25, -0.2) is 9.97 Å². The Kier molecular flexibility index (Phi) is 4.27. The van der Waals surface area contributed by atoms with Crippen LogP contribution in [0.15, 0.2) is 36.9 Å². The fourth-order valence-electron chi connectivity index (χ4n) is 2.51. The third-order valence-electron chi connectivity index (χ3n) is 3.93. The standard InChI is InChI=1S/C16H19N5O/c1-12-4-7-21(8-5-12)15-9-14(18-11-19-15)20-16(22)13-3-2-6-17-10-13/h2-3,6,9-12H,4-5,7-8H2,1H3,(H,18,19,20,22). The zero-order valence-corrected chi connectivity index (χ0v) is 12.6. The van der Waals surface area contributed by atoms with Gasteiger partial charge >= 0.3 is 0 Å². The maximum absolute atomic E-state index is 12.1. The summed E-state index contributed by atoms with van der Waals surface area (Å²) in [6.45, 7) is 4.26. The second kappa shape index (κ2) is 6.51. The normalized spacial score (nSPS) is 15.6. The van der Waals surface area contributed by atoms with E-state index in [-0.39, 0.29) is 5.91 Å². The Morgan fingerprint density at radius 1 is 1.32 bits per heavy atom. The first-order valence-electron chi connectivity index (χ1n) is 7.51. The molecular weight excluding hydrogens is 278 g/mol. The number of hydrogen-bond donors (Lipinski definition) is 1. The molecule has 1 saturated heterocycles. The van der Waals surface area contributed by atoms with Crippen molar-refractivity contribution in [3.05, 3.63) is 42.5 Å². The van der Waals surface area contributed by atoms with E-state index >= 15 is 0 Å². The van der Waals surface area contributed by atoms with Gasteiger partial charge in [-0.05, 0) is 30.9 Å². The molecule has 6 heteroatoms. The first kappa shape index (κ1) is 14.4. The number of aromatic nitrogens is 3. The summed E-state index contributed by atoms with van der Waals surface area (Å²) in [5.41, 5.74) is 0.509. The fraction of sp³-hybridized carbons (Fsp3) is 0.375. The summed E-state index contributed by atoms with van der Waals surface area (Å²) in [6.07, 6.45) is 7.00. The molecule has 3 rings (SSSR count). The molecule has 1 N–H and O–H groups in total. The van der Waals surface area contributed by atoms with E-state index in [0.29, 0.717) is 11.4 Å². The largest absolute Gasteiger partial charge is 0.356 e. The number of piperidine rings is 1. The molecule has 0 aliphatic carbocycles. The van der Waals surface area contributed by atoms with Gasteiger partial charge in [0.15, 0.2) is 0 Å². The predicted molar refractivity (Wildman–Crippen MR) is 84.8 cm³/mol. The highest BCUT2D eigenvalue weighted by Gasteiger charge is 2.17. The van der Waals surface area contributed by atoms with E-state index in [1.165, 1.54) is 25.4 Å². The van der Waals surface area contributed by atoms with Gasteiger partial charge in [0.2, 0.25) is 0 Å². The quantitative estimate of drug-likeness (QED) is 0.941. The molecule has 0 aromatic carbocycles. The molecule has 6 nitrogen and oxygen atoms in total. The Balaban J connectivity index is 1.70. The molecule has 0 unspecified atom stereocenters. The molecule has 0 atom stereocenters. The lowest BCUT2D eigenvalue weighted by molar-refractivity contribution is 0.102. The molecule has 1 amide bonds. The molecule has 0 saturated carbocycles. The smallest absolute Gasteiger partial charge is 0.258 e. The Labute approximate surface area is 129 Å². The van der Waals surface area contributed by atoms with Gasteiger partial charge in [0, 0.05) is 31.5 Å². The van der Waals surface area contributed by atoms with Crippen LogP contribution in [0.3, 0.4) is 0 Å². The lowest BCUT2D eigenvalue weighted by Crippen LogP contribution is -2.33. The number of nitrogens with zero attached hydrogens (tertiary/aromatic N) is 4. The number of pyridine rings is 1. The van der Waals surface area contributed by atoms with Crippen LogP contribution in [-0.4, -0.2) is 33.9 Å². The van der Waals surface area contributed by atoms with Crippen LogP contribution >= 0.6 is 0 Å². The van der Waals surface area contributed by atoms with Gasteiger partial charge in [-0.15, -0.1) is 0 Å². The summed E-state index contributed by atoms with van der Waals surface area (Å²) in [5, 5.41) is 2.79. The maximum Gasteiger partial charge on any atom is 0.258 e. The topological polar surface area (TPSA) is 71.0 Å². The molecule has 3 heterocycles. The van der Waals surface area contributed by atoms with Crippen molar-refractivity contribution in [1.82, 2.24) is 15.0 Å². The van der Waals surface area contributed by atoms with Crippen molar-refractivity contribution in [1.29, 1.82) is 0 Å². The van der Waals surface area contributed by atoms with E-state index in [9.17, 15) is 4.79 Å². The van der Waals surface area contributed by atoms with Crippen LogP contribution in [0, 0.1) is 5.92 Å². The lowest BCUT2D eigenvalue weighted by Gasteiger charge is -2.31. The number of amides is 1. The van der Waals surface area contributed by atoms with E-state index in [1.54, 1.807) is 18.3 Å². The van der Waals surface area contributed by atoms with Crippen LogP contribution < -0.4 is 10.2 Å². The summed E-state index contributed by atoms with van der Waals surface area (Å²) >= 11 is 0. The molecule has 2 aromatic rings. The number of nitrogens with one attached hydrogen (secondary N) is 1. The van der Waals surface area contributed by atoms with Crippen LogP contribution in [0.4, 0.5) is 11.6 Å². The highest BCUT2D eigenvalue weighted by Crippen LogP contribution is 2.22. The van der Waals surface area contributed by atoms with E-state index in [2.05, 4.69) is 32.1 Å². The Bertz CT molecular complexity index is 638. The van der Waals surface area contributed by atoms with E-state index < -0.39 is 0 Å². The van der Waals surface area contributed by atoms with Gasteiger partial charge in [0.1, 0.15) is 18.0 Å². The SMILES string of the molecule is CC1CCN(c2cc(NC(=O)c3cccnc3)ncn2)CC1. The van der Waals surface area contributed by atoms with Crippen molar-refractivity contribution in [2.75, 3.05) is 23.3 Å². The number of hydrogen-bond acceptors (Lipinski definition) is 5. The van der Waals surface area contributed by atoms with Crippen LogP contribution in [0.2, 0.25) is 0 Å². The Hall–Kier alpha value is -2.50. The summed E-state index contributed by atoms with van der Waals surface area (Å²) < 4.78 is 0. The van der Waals surface area contributed by atoms with Crippen molar-refractivity contribution in [3.63, 3.8) is 0 Å². The summed E-state index contributed by atoms with van der Waals surface area (Å²) in [6, 6.07) is 5.27. The molecule has 2 aromatic heterocycles. The third kappa shape index (κ3) is 3.39. The molecule has 0 radical (unpaired) electrons. The first-order chi connectivity index (χ1) is 10.7. The van der Waals surface area contributed by atoms with Crippen LogP contribution in [0.1, 0.15) is 30.1 Å². The number of anilines is 2. The second-order valence-electron chi connectivity index (χ2n) is 5.63. The van der Waals surface area contributed by atoms with Crippen molar-refractivity contribution >= 4 is 17.5 Å². The van der Waals surface area contributed by atoms with E-state index in [1.807, 2.05) is 6.07 Å². The van der Waals surface area contributed by atoms with E-state index in [4.69, 9.17) is 0 Å². The second-order valence-corrected chi connectivity index (χ2v) is 5.63. The minimum Gasteiger partial charge on any atom is -0.356 e. The summed E-state index contributed by atoms with van der Waals surface area (Å²) in [4.78, 5) is 26.7. The van der Waals surface area contributed by atoms with Crippen LogP contribution in [0.5, 0.6) is 0 Å². The van der Waals surface area contributed by atoms with Gasteiger partial charge in [0.25, 0.3) is 5.91 Å². The molecule has 1 aliphatic rings. The number of rotatable bonds is 3. The van der Waals surface area contributed by atoms with Gasteiger partial charge in [-0.1, -0.05) is 6.92 Å². The maximum atomic E-state index is 12.1. The number of carbonyl (C=O) groups excluding carboxylic acids is 1. The Morgan fingerprint density at radius 2 is 2.14 bits per heavy atom. The molecule has 1 fully saturated rings. The average Bonchev–Trinajstić information content (AvgIpc) is 2.56. The van der Waals surface area contributed by atoms with Crippen LogP contribution in [0.25, 0.3) is 0 Å². The number of carbonyl (C=O) groups is 1. The van der Waals surface area contributed by atoms with Gasteiger partial charge in [-0.3, -0.25) is 9.78 Å². The minimum atomic E-state index is -0.218. The molecule has 1 aliphatic heterocycles. The van der Waals surface area contributed by atoms with Crippen LogP contribution in [-0.2, 0) is 0 Å². The van der Waals surface area contributed by atoms with Crippen molar-refractivity contribution in [2.45, 2.75) is 19.8 Å². The van der Waals surface area contributed by atoms with Gasteiger partial charge in [0.05, 0.1) is 5.56 Å². The summed E-state index contributed by atoms with van der Waals surface area (Å²) in [5.74, 6) is 1.92. The van der Waals surface area contributed by atoms with Crippen molar-refractivity contribution < 1.29 is 4.79 Å². The molecule has 0 spiro atoms. The summed E-state index contributed by atoms with van der Waals surface area (Å²) in [7, 11) is 0. The predicted octanol–water partition coefficient (Wildman–Crippen LogP) is 2.36. The zero-order valence-electron chi connectivity index (χ0n) is 12.6. The third-order valence-corrected chi connectivity index (χ3v) is 3.93. The molecule has 22 heavy (non-hydrogen) atoms. The Morgan fingerprint density at radius 3 is 2.86 bits per heavy atom. The van der Waals surface area contributed by atoms with Crippen molar-refractivity contribution in [2.24, 2.45) is 5.92 Å². The molecule has 114 valence electrons. The monoisotopic (exact) mass is 297 g/mol. The highest BCUT2D eigenvalue weighted by atomic mass is 16.1.